The summed E-state index contributed by atoms with van der Waals surface area (Å²) >= 11 is 0. The molecule has 0 spiro atoms. The van der Waals surface area contributed by atoms with Gasteiger partial charge in [-0.3, -0.25) is 14.4 Å². The second kappa shape index (κ2) is 25.4. The predicted octanol–water partition coefficient (Wildman–Crippen LogP) is 8.28. The van der Waals surface area contributed by atoms with Crippen molar-refractivity contribution >= 4 is 17.9 Å². The fourth-order valence-corrected chi connectivity index (χ4v) is 16.9. The first-order valence-electron chi connectivity index (χ1n) is 32.3. The number of hydrogen-bond donors (Lipinski definition) is 5. The Kier molecular flexibility index (Phi) is 19.5. The average molecular weight is 1200 g/mol. The van der Waals surface area contributed by atoms with Gasteiger partial charge in [-0.2, -0.15) is 0 Å². The number of aliphatic hydroxyl groups is 3. The maximum atomic E-state index is 12.5. The third kappa shape index (κ3) is 14.0. The number of carbonyl (C=O) groups is 3. The van der Waals surface area contributed by atoms with Crippen LogP contribution in [0.5, 0.6) is 0 Å². The fraction of sp³-hybridized carbons (Fsp3) is 0.864. The minimum absolute atomic E-state index is 0.0312. The van der Waals surface area contributed by atoms with Crippen molar-refractivity contribution in [3.8, 4) is 0 Å². The summed E-state index contributed by atoms with van der Waals surface area (Å²) in [5, 5.41) is 54.4. The lowest BCUT2D eigenvalue weighted by molar-refractivity contribution is -0.369. The zero-order valence-electron chi connectivity index (χ0n) is 52.4. The number of carboxylic acid groups (broad SMARTS) is 2. The van der Waals surface area contributed by atoms with Gasteiger partial charge in [0.25, 0.3) is 0 Å². The Bertz CT molecular complexity index is 2470. The number of carbonyl (C=O) groups excluding carboxylic acids is 1. The summed E-state index contributed by atoms with van der Waals surface area (Å²) in [6, 6.07) is 0. The van der Waals surface area contributed by atoms with Crippen LogP contribution >= 0.6 is 0 Å². The van der Waals surface area contributed by atoms with E-state index in [1.165, 1.54) is 0 Å². The molecule has 10 heterocycles. The molecule has 28 atom stereocenters. The monoisotopic (exact) mass is 1200 g/mol. The summed E-state index contributed by atoms with van der Waals surface area (Å²) in [7, 11) is 0. The third-order valence-electron chi connectivity index (χ3n) is 21.5. The average Bonchev–Trinajstić information content (AvgIpc) is 1.94. The Balaban J connectivity index is 0.765. The summed E-state index contributed by atoms with van der Waals surface area (Å²) in [5.41, 5.74) is -2.50. The van der Waals surface area contributed by atoms with E-state index in [9.17, 15) is 34.8 Å². The van der Waals surface area contributed by atoms with Crippen molar-refractivity contribution in [1.82, 2.24) is 0 Å². The van der Waals surface area contributed by atoms with Crippen LogP contribution in [0.2, 0.25) is 0 Å². The van der Waals surface area contributed by atoms with E-state index in [1.54, 1.807) is 13.8 Å². The fourth-order valence-electron chi connectivity index (χ4n) is 16.9. The predicted molar refractivity (Wildman–Crippen MR) is 310 cm³/mol. The van der Waals surface area contributed by atoms with E-state index in [1.807, 2.05) is 27.7 Å². The van der Waals surface area contributed by atoms with Gasteiger partial charge in [0, 0.05) is 56.8 Å². The van der Waals surface area contributed by atoms with Crippen molar-refractivity contribution in [2.75, 3.05) is 6.61 Å². The van der Waals surface area contributed by atoms with Crippen LogP contribution in [0.1, 0.15) is 185 Å². The molecule has 0 aliphatic carbocycles. The Labute approximate surface area is 503 Å². The second-order valence-corrected chi connectivity index (χ2v) is 29.4. The van der Waals surface area contributed by atoms with Gasteiger partial charge in [-0.25, -0.2) is 0 Å². The number of hydrogen-bond acceptors (Lipinski definition) is 17. The smallest absolute Gasteiger partial charge is 0.306 e. The molecule has 0 saturated carbocycles. The topological polar surface area (TPSA) is 254 Å². The maximum Gasteiger partial charge on any atom is 0.306 e. The highest BCUT2D eigenvalue weighted by molar-refractivity contribution is 5.72. The molecule has 10 aliphatic heterocycles. The van der Waals surface area contributed by atoms with Crippen LogP contribution in [0, 0.1) is 29.6 Å². The quantitative estimate of drug-likeness (QED) is 0.0720. The molecule has 0 unspecified atom stereocenters. The minimum atomic E-state index is -1.21. The van der Waals surface area contributed by atoms with Crippen LogP contribution in [0.3, 0.4) is 0 Å². The number of aliphatic hydroxyl groups excluding tert-OH is 2. The summed E-state index contributed by atoms with van der Waals surface area (Å²) in [5.74, 6) is -2.60. The first-order valence-corrected chi connectivity index (χ1v) is 32.3. The highest BCUT2D eigenvalue weighted by Crippen LogP contribution is 2.54. The first-order chi connectivity index (χ1) is 39.9. The standard InChI is InChI=1S/C66H102O19/c1-34(20-36(3)32-75-57(72)23-35(2)22-55(68)69)21-46-38(5)25-52-63(9,84-46)31-49-60(81-52)61(73)66(12)54(79-49)30-48-59(85-66)37(4)14-13-15-44-43(77-48)16-17-50-64(10,82-44)33-65(11)53(80-50)29-47-45(83-65)18-19-62(8,74)51(78-47)28-41(67)27-42-24-39(6)58(76-42)40(7)26-56(70)71/h13-14,20,35-37,39-54,58-61,67,73-74H,5,15-19,21-33H2,1-4,6-12H3,(H,68,69)(H,70,71)/b14-13-,34-20+/t35-,36-,37+,39-,40+,41-,42+,43+,44-,45+,46-,47-,48-,49-,50-,51+,52-,53+,54+,58+,59+,60-,61+,62-,63+,64+,65-,66+/m1/s1. The molecule has 9 saturated heterocycles. The molecule has 19 heteroatoms. The largest absolute Gasteiger partial charge is 0.481 e. The number of rotatable bonds is 16. The molecule has 480 valence electrons. The van der Waals surface area contributed by atoms with E-state index < -0.39 is 88.6 Å². The van der Waals surface area contributed by atoms with Crippen molar-refractivity contribution in [1.29, 1.82) is 0 Å². The van der Waals surface area contributed by atoms with E-state index in [-0.39, 0.29) is 129 Å². The zero-order chi connectivity index (χ0) is 61.3. The first kappa shape index (κ1) is 65.1. The van der Waals surface area contributed by atoms with Gasteiger partial charge in [-0.05, 0) is 123 Å². The number of esters is 1. The lowest BCUT2D eigenvalue weighted by Gasteiger charge is -2.61. The third-order valence-corrected chi connectivity index (χ3v) is 21.5. The molecule has 85 heavy (non-hydrogen) atoms. The SMILES string of the molecule is C=C1C[C@H]2O[C@@H]3[C@@H](C[C@]2(C)O[C@@H]1C/C(C)=C/[C@@H](C)COC(=O)C[C@H](C)CC(=O)O)O[C@H]1C[C@H]2O[C@H]4CC[C@H]5O[C@H]6C[C@H]7O[C@@H](C[C@H](O)C[C@@H]8C[C@@H](C)[C@@H]([C@@H](C)CC(=O)O)O8)[C@](C)(O)CC[C@@H]7O[C@]6(C)C[C@]5(C)O[C@@H]4C/C=C\[C@H](C)[C@@H]2O[C@]1(C)[C@H]3O. The second-order valence-electron chi connectivity index (χ2n) is 29.4. The normalized spacial score (nSPS) is 48.0. The van der Waals surface area contributed by atoms with Gasteiger partial charge >= 0.3 is 17.9 Å². The van der Waals surface area contributed by atoms with E-state index in [0.717, 1.165) is 17.6 Å². The van der Waals surface area contributed by atoms with Gasteiger partial charge in [-0.1, -0.05) is 65.0 Å². The Morgan fingerprint density at radius 3 is 2.20 bits per heavy atom. The van der Waals surface area contributed by atoms with Crippen LogP contribution < -0.4 is 0 Å². The van der Waals surface area contributed by atoms with E-state index in [0.29, 0.717) is 77.0 Å². The zero-order valence-corrected chi connectivity index (χ0v) is 52.4. The van der Waals surface area contributed by atoms with Crippen LogP contribution in [0.15, 0.2) is 36.0 Å². The van der Waals surface area contributed by atoms with Gasteiger partial charge in [0.1, 0.15) is 17.8 Å². The lowest BCUT2D eigenvalue weighted by Crippen LogP contribution is -2.74. The van der Waals surface area contributed by atoms with Crippen molar-refractivity contribution in [3.05, 3.63) is 36.0 Å². The van der Waals surface area contributed by atoms with E-state index >= 15 is 0 Å². The summed E-state index contributed by atoms with van der Waals surface area (Å²) in [4.78, 5) is 34.9. The summed E-state index contributed by atoms with van der Waals surface area (Å²) in [6.45, 7) is 26.6. The van der Waals surface area contributed by atoms with Gasteiger partial charge < -0.3 is 77.6 Å². The number of carboxylic acids is 2. The molecule has 10 aliphatic rings. The highest BCUT2D eigenvalue weighted by atomic mass is 16.7. The number of fused-ring (bicyclic) bond motifs is 8. The van der Waals surface area contributed by atoms with Crippen LogP contribution in [-0.4, -0.2) is 188 Å². The Morgan fingerprint density at radius 1 is 0.741 bits per heavy atom. The molecule has 5 N–H and O–H groups in total. The van der Waals surface area contributed by atoms with Gasteiger partial charge in [0.2, 0.25) is 0 Å². The van der Waals surface area contributed by atoms with Gasteiger partial charge in [0.05, 0.1) is 133 Å². The molecular weight excluding hydrogens is 1100 g/mol. The molecule has 0 aromatic heterocycles. The van der Waals surface area contributed by atoms with Crippen molar-refractivity contribution in [2.24, 2.45) is 29.6 Å². The molecule has 0 aromatic rings. The Morgan fingerprint density at radius 2 is 1.46 bits per heavy atom. The van der Waals surface area contributed by atoms with Crippen molar-refractivity contribution in [2.45, 2.75) is 323 Å². The number of ether oxygens (including phenoxy) is 11. The lowest BCUT2D eigenvalue weighted by atomic mass is 9.72. The Hall–Kier alpha value is -2.89. The maximum absolute atomic E-state index is 12.5. The van der Waals surface area contributed by atoms with E-state index in [4.69, 9.17) is 57.2 Å². The van der Waals surface area contributed by atoms with E-state index in [2.05, 4.69) is 59.4 Å². The number of aliphatic carboxylic acids is 2. The van der Waals surface area contributed by atoms with Gasteiger partial charge in [0.15, 0.2) is 0 Å². The summed E-state index contributed by atoms with van der Waals surface area (Å²) in [6.07, 6.45) is 6.26. The molecule has 0 amide bonds. The molecule has 0 aromatic carbocycles. The van der Waals surface area contributed by atoms with Crippen LogP contribution in [0.25, 0.3) is 0 Å². The van der Waals surface area contributed by atoms with Crippen LogP contribution in [-0.2, 0) is 66.5 Å². The van der Waals surface area contributed by atoms with Gasteiger partial charge in [-0.15, -0.1) is 0 Å². The molecule has 10 rings (SSSR count). The molecule has 0 bridgehead atoms. The van der Waals surface area contributed by atoms with Crippen LogP contribution in [0.4, 0.5) is 0 Å². The van der Waals surface area contributed by atoms with Crippen molar-refractivity contribution < 1.29 is 92.0 Å². The molecule has 9 fully saturated rings. The highest BCUT2D eigenvalue weighted by Gasteiger charge is 2.65. The molecule has 0 radical (unpaired) electrons. The summed E-state index contributed by atoms with van der Waals surface area (Å²) < 4.78 is 75.7. The molecular formula is C66H102O19. The van der Waals surface area contributed by atoms with Crippen molar-refractivity contribution in [3.63, 3.8) is 0 Å². The minimum Gasteiger partial charge on any atom is -0.481 e. The molecule has 19 nitrogen and oxygen atoms in total.